The van der Waals surface area contributed by atoms with Gasteiger partial charge < -0.3 is 15.4 Å². The Bertz CT molecular complexity index is 805. The molecular formula is C26H36N4O. The fraction of sp³-hybridized carbons (Fsp3) is 0.500. The molecule has 166 valence electrons. The molecule has 0 bridgehead atoms. The minimum Gasteiger partial charge on any atom is -0.373 e. The number of hydrogen-bond donors (Lipinski definition) is 2. The van der Waals surface area contributed by atoms with Gasteiger partial charge in [0.15, 0.2) is 5.96 Å². The lowest BCUT2D eigenvalue weighted by Gasteiger charge is -2.27. The highest BCUT2D eigenvalue weighted by Gasteiger charge is 2.29. The predicted octanol–water partition coefficient (Wildman–Crippen LogP) is 4.16. The number of ether oxygens (including phenoxy) is 1. The molecule has 0 aliphatic carbocycles. The summed E-state index contributed by atoms with van der Waals surface area (Å²) < 4.78 is 6.06. The van der Waals surface area contributed by atoms with Crippen molar-refractivity contribution < 1.29 is 4.74 Å². The van der Waals surface area contributed by atoms with Crippen molar-refractivity contribution in [1.29, 1.82) is 0 Å². The first-order chi connectivity index (χ1) is 15.3. The summed E-state index contributed by atoms with van der Waals surface area (Å²) in [5.41, 5.74) is 2.63. The van der Waals surface area contributed by atoms with Crippen molar-refractivity contribution in [3.05, 3.63) is 71.8 Å². The Morgan fingerprint density at radius 3 is 2.45 bits per heavy atom. The van der Waals surface area contributed by atoms with E-state index in [1.54, 1.807) is 0 Å². The van der Waals surface area contributed by atoms with Crippen molar-refractivity contribution in [1.82, 2.24) is 15.5 Å². The molecule has 2 saturated heterocycles. The van der Waals surface area contributed by atoms with E-state index in [0.717, 1.165) is 51.7 Å². The van der Waals surface area contributed by atoms with Gasteiger partial charge in [-0.15, -0.1) is 0 Å². The molecule has 0 amide bonds. The summed E-state index contributed by atoms with van der Waals surface area (Å²) in [5.74, 6) is 1.36. The summed E-state index contributed by atoms with van der Waals surface area (Å²) in [5, 5.41) is 7.04. The van der Waals surface area contributed by atoms with E-state index < -0.39 is 0 Å². The number of nitrogens with zero attached hydrogens (tertiary/aromatic N) is 2. The Labute approximate surface area is 186 Å². The average molecular weight is 421 g/mol. The third kappa shape index (κ3) is 5.86. The molecule has 0 aromatic heterocycles. The SMILES string of the molecule is CCNC(=NCC(c1ccccc1)N1CCCC1)NCC1CCOC1c1ccccc1. The van der Waals surface area contributed by atoms with Crippen molar-refractivity contribution in [2.24, 2.45) is 10.9 Å². The molecule has 3 unspecified atom stereocenters. The van der Waals surface area contributed by atoms with Gasteiger partial charge in [-0.2, -0.15) is 0 Å². The zero-order chi connectivity index (χ0) is 21.3. The van der Waals surface area contributed by atoms with Gasteiger partial charge in [-0.25, -0.2) is 0 Å². The van der Waals surface area contributed by atoms with Crippen molar-refractivity contribution in [2.45, 2.75) is 38.3 Å². The predicted molar refractivity (Wildman–Crippen MR) is 127 cm³/mol. The number of hydrogen-bond acceptors (Lipinski definition) is 3. The Balaban J connectivity index is 1.41. The molecule has 2 N–H and O–H groups in total. The van der Waals surface area contributed by atoms with Crippen LogP contribution in [-0.2, 0) is 4.74 Å². The van der Waals surface area contributed by atoms with Crippen molar-refractivity contribution in [3.63, 3.8) is 0 Å². The second-order valence-electron chi connectivity index (χ2n) is 8.52. The lowest BCUT2D eigenvalue weighted by atomic mass is 9.95. The van der Waals surface area contributed by atoms with Gasteiger partial charge in [0, 0.05) is 25.6 Å². The average Bonchev–Trinajstić information content (AvgIpc) is 3.51. The van der Waals surface area contributed by atoms with Crippen molar-refractivity contribution >= 4 is 5.96 Å². The number of likely N-dealkylation sites (tertiary alicyclic amines) is 1. The fourth-order valence-corrected chi connectivity index (χ4v) is 4.76. The van der Waals surface area contributed by atoms with E-state index in [4.69, 9.17) is 9.73 Å². The Morgan fingerprint density at radius 1 is 1.03 bits per heavy atom. The van der Waals surface area contributed by atoms with Gasteiger partial charge in [-0.05, 0) is 50.4 Å². The van der Waals surface area contributed by atoms with Crippen LogP contribution >= 0.6 is 0 Å². The van der Waals surface area contributed by atoms with Crippen LogP contribution in [0.5, 0.6) is 0 Å². The van der Waals surface area contributed by atoms with E-state index in [9.17, 15) is 0 Å². The molecule has 4 rings (SSSR count). The molecule has 5 heteroatoms. The molecule has 2 aliphatic heterocycles. The molecule has 5 nitrogen and oxygen atoms in total. The number of guanidine groups is 1. The van der Waals surface area contributed by atoms with E-state index in [0.29, 0.717) is 12.0 Å². The van der Waals surface area contributed by atoms with Crippen LogP contribution in [0, 0.1) is 5.92 Å². The number of benzene rings is 2. The summed E-state index contributed by atoms with van der Waals surface area (Å²) in [7, 11) is 0. The van der Waals surface area contributed by atoms with Crippen LogP contribution in [0.2, 0.25) is 0 Å². The van der Waals surface area contributed by atoms with Crippen molar-refractivity contribution in [3.8, 4) is 0 Å². The van der Waals surface area contributed by atoms with E-state index in [1.165, 1.54) is 24.0 Å². The smallest absolute Gasteiger partial charge is 0.191 e. The topological polar surface area (TPSA) is 48.9 Å². The number of rotatable bonds is 8. The molecule has 31 heavy (non-hydrogen) atoms. The molecule has 0 radical (unpaired) electrons. The summed E-state index contributed by atoms with van der Waals surface area (Å²) in [6.45, 7) is 7.76. The number of aliphatic imine (C=N–C) groups is 1. The molecule has 0 saturated carbocycles. The second kappa shape index (κ2) is 11.3. The molecule has 0 spiro atoms. The highest BCUT2D eigenvalue weighted by Crippen LogP contribution is 2.33. The highest BCUT2D eigenvalue weighted by atomic mass is 16.5. The first kappa shape index (κ1) is 21.8. The van der Waals surface area contributed by atoms with Crippen molar-refractivity contribution in [2.75, 3.05) is 39.3 Å². The quantitative estimate of drug-likeness (QED) is 0.497. The zero-order valence-corrected chi connectivity index (χ0v) is 18.7. The first-order valence-electron chi connectivity index (χ1n) is 11.8. The summed E-state index contributed by atoms with van der Waals surface area (Å²) in [4.78, 5) is 7.59. The van der Waals surface area contributed by atoms with E-state index >= 15 is 0 Å². The molecular weight excluding hydrogens is 384 g/mol. The van der Waals surface area contributed by atoms with E-state index in [2.05, 4.69) is 83.1 Å². The van der Waals surface area contributed by atoms with Gasteiger partial charge in [-0.3, -0.25) is 9.89 Å². The normalized spacial score (nSPS) is 23.1. The standard InChI is InChI=1S/C26H36N4O/c1-2-27-26(28-19-23-15-18-31-25(23)22-13-7-4-8-14-22)29-20-24(30-16-9-10-17-30)21-11-5-3-6-12-21/h3-8,11-14,23-25H,2,9-10,15-20H2,1H3,(H2,27,28,29). The van der Waals surface area contributed by atoms with Gasteiger partial charge in [0.25, 0.3) is 0 Å². The van der Waals surface area contributed by atoms with Gasteiger partial charge in [-0.1, -0.05) is 60.7 Å². The largest absolute Gasteiger partial charge is 0.373 e. The lowest BCUT2D eigenvalue weighted by Crippen LogP contribution is -2.41. The second-order valence-corrected chi connectivity index (χ2v) is 8.52. The van der Waals surface area contributed by atoms with E-state index in [1.807, 2.05) is 0 Å². The molecule has 2 aromatic carbocycles. The van der Waals surface area contributed by atoms with Crippen LogP contribution < -0.4 is 10.6 Å². The lowest BCUT2D eigenvalue weighted by molar-refractivity contribution is 0.0915. The summed E-state index contributed by atoms with van der Waals surface area (Å²) in [6, 6.07) is 21.8. The first-order valence-corrected chi connectivity index (χ1v) is 11.8. The van der Waals surface area contributed by atoms with Gasteiger partial charge in [0.2, 0.25) is 0 Å². The molecule has 2 aliphatic rings. The molecule has 2 fully saturated rings. The summed E-state index contributed by atoms with van der Waals surface area (Å²) in [6.07, 6.45) is 3.81. The fourth-order valence-electron chi connectivity index (χ4n) is 4.76. The van der Waals surface area contributed by atoms with Crippen LogP contribution in [0.3, 0.4) is 0 Å². The van der Waals surface area contributed by atoms with Gasteiger partial charge >= 0.3 is 0 Å². The Kier molecular flexibility index (Phi) is 7.97. The van der Waals surface area contributed by atoms with Gasteiger partial charge in [0.05, 0.1) is 18.7 Å². The minimum absolute atomic E-state index is 0.165. The van der Waals surface area contributed by atoms with Crippen LogP contribution in [-0.4, -0.2) is 50.2 Å². The third-order valence-corrected chi connectivity index (χ3v) is 6.41. The van der Waals surface area contributed by atoms with Crippen LogP contribution in [0.15, 0.2) is 65.7 Å². The Morgan fingerprint density at radius 2 is 1.74 bits per heavy atom. The zero-order valence-electron chi connectivity index (χ0n) is 18.7. The third-order valence-electron chi connectivity index (χ3n) is 6.41. The maximum atomic E-state index is 6.06. The highest BCUT2D eigenvalue weighted by molar-refractivity contribution is 5.79. The monoisotopic (exact) mass is 420 g/mol. The van der Waals surface area contributed by atoms with Gasteiger partial charge in [0.1, 0.15) is 0 Å². The summed E-state index contributed by atoms with van der Waals surface area (Å²) >= 11 is 0. The molecule has 2 aromatic rings. The number of nitrogens with one attached hydrogen (secondary N) is 2. The Hall–Kier alpha value is -2.37. The molecule has 3 atom stereocenters. The van der Waals surface area contributed by atoms with Crippen LogP contribution in [0.4, 0.5) is 0 Å². The molecule has 2 heterocycles. The van der Waals surface area contributed by atoms with E-state index in [-0.39, 0.29) is 6.10 Å². The minimum atomic E-state index is 0.165. The maximum Gasteiger partial charge on any atom is 0.191 e. The van der Waals surface area contributed by atoms with Crippen LogP contribution in [0.25, 0.3) is 0 Å². The van der Waals surface area contributed by atoms with Crippen LogP contribution in [0.1, 0.15) is 49.5 Å². The maximum absolute atomic E-state index is 6.06.